The van der Waals surface area contributed by atoms with Crippen molar-refractivity contribution in [3.8, 4) is 0 Å². The smallest absolute Gasteiger partial charge is 0.193 e. The fraction of sp³-hybridized carbons (Fsp3) is 0.682. The van der Waals surface area contributed by atoms with E-state index in [1.54, 1.807) is 12.1 Å². The maximum atomic E-state index is 13.9. The van der Waals surface area contributed by atoms with Gasteiger partial charge in [-0.3, -0.25) is 9.89 Å². The van der Waals surface area contributed by atoms with E-state index in [1.807, 2.05) is 19.2 Å². The molecule has 1 N–H and O–H groups in total. The van der Waals surface area contributed by atoms with Gasteiger partial charge >= 0.3 is 0 Å². The summed E-state index contributed by atoms with van der Waals surface area (Å²) in [7, 11) is 1.87. The van der Waals surface area contributed by atoms with Crippen LogP contribution in [0, 0.1) is 17.7 Å². The van der Waals surface area contributed by atoms with Gasteiger partial charge in [-0.25, -0.2) is 4.39 Å². The molecule has 0 aromatic heterocycles. The summed E-state index contributed by atoms with van der Waals surface area (Å²) in [6.45, 7) is 9.51. The number of rotatable bonds is 7. The highest BCUT2D eigenvalue weighted by molar-refractivity contribution is 5.80. The molecule has 6 heteroatoms. The summed E-state index contributed by atoms with van der Waals surface area (Å²) in [5.74, 6) is 2.19. The average molecular weight is 391 g/mol. The van der Waals surface area contributed by atoms with Crippen LogP contribution >= 0.6 is 0 Å². The molecule has 2 aliphatic heterocycles. The molecule has 1 aromatic rings. The second-order valence-corrected chi connectivity index (χ2v) is 8.00. The fourth-order valence-corrected chi connectivity index (χ4v) is 4.23. The molecule has 0 saturated carbocycles. The Morgan fingerprint density at radius 2 is 1.93 bits per heavy atom. The number of guanidine groups is 1. The second kappa shape index (κ2) is 10.8. The summed E-state index contributed by atoms with van der Waals surface area (Å²) in [6, 6.07) is 7.11. The molecule has 0 radical (unpaired) electrons. The summed E-state index contributed by atoms with van der Waals surface area (Å²) in [5, 5.41) is 3.59. The quantitative estimate of drug-likeness (QED) is 0.574. The molecule has 28 heavy (non-hydrogen) atoms. The van der Waals surface area contributed by atoms with E-state index in [0.717, 1.165) is 70.3 Å². The number of ether oxygens (including phenoxy) is 1. The number of nitrogens with zero attached hydrogens (tertiary/aromatic N) is 3. The molecule has 3 rings (SSSR count). The first-order valence-electron chi connectivity index (χ1n) is 10.7. The Morgan fingerprint density at radius 1 is 1.18 bits per heavy atom. The highest BCUT2D eigenvalue weighted by atomic mass is 19.1. The van der Waals surface area contributed by atoms with Crippen molar-refractivity contribution in [2.75, 3.05) is 53.0 Å². The molecule has 2 heterocycles. The van der Waals surface area contributed by atoms with Crippen molar-refractivity contribution < 1.29 is 9.13 Å². The number of nitrogens with one attached hydrogen (secondary N) is 1. The Morgan fingerprint density at radius 3 is 2.64 bits per heavy atom. The summed E-state index contributed by atoms with van der Waals surface area (Å²) >= 11 is 0. The number of piperidine rings is 1. The minimum absolute atomic E-state index is 0.0941. The number of hydrogen-bond donors (Lipinski definition) is 1. The number of halogens is 1. The van der Waals surface area contributed by atoms with Gasteiger partial charge in [0, 0.05) is 51.3 Å². The minimum Gasteiger partial charge on any atom is -0.381 e. The lowest BCUT2D eigenvalue weighted by molar-refractivity contribution is 0.114. The molecule has 2 aliphatic rings. The predicted octanol–water partition coefficient (Wildman–Crippen LogP) is 2.97. The Balaban J connectivity index is 1.38. The van der Waals surface area contributed by atoms with Gasteiger partial charge in [-0.2, -0.15) is 0 Å². The zero-order valence-electron chi connectivity index (χ0n) is 17.4. The predicted molar refractivity (Wildman–Crippen MR) is 112 cm³/mol. The maximum absolute atomic E-state index is 13.9. The van der Waals surface area contributed by atoms with Gasteiger partial charge in [0.25, 0.3) is 0 Å². The van der Waals surface area contributed by atoms with Crippen molar-refractivity contribution in [1.82, 2.24) is 15.1 Å². The number of benzene rings is 1. The topological polar surface area (TPSA) is 40.1 Å². The van der Waals surface area contributed by atoms with Crippen LogP contribution in [0.2, 0.25) is 0 Å². The first-order chi connectivity index (χ1) is 13.7. The maximum Gasteiger partial charge on any atom is 0.193 e. The molecule has 0 spiro atoms. The summed E-state index contributed by atoms with van der Waals surface area (Å²) in [5.41, 5.74) is 0.801. The largest absolute Gasteiger partial charge is 0.381 e. The van der Waals surface area contributed by atoms with Gasteiger partial charge in [0.2, 0.25) is 0 Å². The standard InChI is InChI=1S/C22H35FN4O/c1-3-28-17-19-10-13-27(15-19)22(24-2)25-14-18-8-11-26(12-9-18)16-20-6-4-5-7-21(20)23/h4-7,18-19H,3,8-17H2,1-2H3,(H,24,25). The zero-order valence-corrected chi connectivity index (χ0v) is 17.4. The summed E-state index contributed by atoms with van der Waals surface area (Å²) in [6.07, 6.45) is 3.46. The van der Waals surface area contributed by atoms with Crippen LogP contribution in [-0.2, 0) is 11.3 Å². The van der Waals surface area contributed by atoms with Gasteiger partial charge in [0.15, 0.2) is 5.96 Å². The van der Waals surface area contributed by atoms with Crippen molar-refractivity contribution >= 4 is 5.96 Å². The van der Waals surface area contributed by atoms with Crippen LogP contribution < -0.4 is 5.32 Å². The molecular formula is C22H35FN4O. The van der Waals surface area contributed by atoms with Crippen LogP contribution in [0.15, 0.2) is 29.3 Å². The van der Waals surface area contributed by atoms with Crippen molar-refractivity contribution in [2.24, 2.45) is 16.8 Å². The molecule has 1 unspecified atom stereocenters. The zero-order chi connectivity index (χ0) is 19.8. The molecular weight excluding hydrogens is 355 g/mol. The molecule has 2 fully saturated rings. The molecule has 1 atom stereocenters. The number of likely N-dealkylation sites (tertiary alicyclic amines) is 2. The summed E-state index contributed by atoms with van der Waals surface area (Å²) < 4.78 is 19.4. The van der Waals surface area contributed by atoms with Crippen LogP contribution in [0.1, 0.15) is 31.7 Å². The van der Waals surface area contributed by atoms with Crippen molar-refractivity contribution in [2.45, 2.75) is 32.7 Å². The highest BCUT2D eigenvalue weighted by Crippen LogP contribution is 2.20. The number of aliphatic imine (C=N–C) groups is 1. The lowest BCUT2D eigenvalue weighted by atomic mass is 9.96. The van der Waals surface area contributed by atoms with Crippen molar-refractivity contribution in [3.63, 3.8) is 0 Å². The van der Waals surface area contributed by atoms with Gasteiger partial charge in [-0.1, -0.05) is 18.2 Å². The van der Waals surface area contributed by atoms with Crippen LogP contribution in [0.3, 0.4) is 0 Å². The Hall–Kier alpha value is -1.66. The van der Waals surface area contributed by atoms with Crippen LogP contribution in [0.5, 0.6) is 0 Å². The Kier molecular flexibility index (Phi) is 8.10. The van der Waals surface area contributed by atoms with Gasteiger partial charge in [-0.05, 0) is 51.3 Å². The lowest BCUT2D eigenvalue weighted by Gasteiger charge is -2.33. The average Bonchev–Trinajstić information content (AvgIpc) is 3.18. The molecule has 0 aliphatic carbocycles. The normalized spacial score (nSPS) is 22.0. The van der Waals surface area contributed by atoms with Crippen molar-refractivity contribution in [1.29, 1.82) is 0 Å². The number of hydrogen-bond acceptors (Lipinski definition) is 3. The van der Waals surface area contributed by atoms with Crippen molar-refractivity contribution in [3.05, 3.63) is 35.6 Å². The third kappa shape index (κ3) is 5.92. The Labute approximate surface area is 169 Å². The van der Waals surface area contributed by atoms with Gasteiger partial charge < -0.3 is 15.0 Å². The summed E-state index contributed by atoms with van der Waals surface area (Å²) in [4.78, 5) is 9.21. The lowest BCUT2D eigenvalue weighted by Crippen LogP contribution is -2.44. The fourth-order valence-electron chi connectivity index (χ4n) is 4.23. The van der Waals surface area contributed by atoms with E-state index in [0.29, 0.717) is 18.4 Å². The van der Waals surface area contributed by atoms with E-state index in [1.165, 1.54) is 6.42 Å². The minimum atomic E-state index is -0.0941. The first-order valence-corrected chi connectivity index (χ1v) is 10.7. The molecule has 2 saturated heterocycles. The second-order valence-electron chi connectivity index (χ2n) is 8.00. The molecule has 0 bridgehead atoms. The van der Waals surface area contributed by atoms with Gasteiger partial charge in [0.05, 0.1) is 6.61 Å². The van der Waals surface area contributed by atoms with E-state index >= 15 is 0 Å². The molecule has 156 valence electrons. The van der Waals surface area contributed by atoms with E-state index < -0.39 is 0 Å². The molecule has 0 amide bonds. The van der Waals surface area contributed by atoms with Gasteiger partial charge in [0.1, 0.15) is 5.82 Å². The van der Waals surface area contributed by atoms with E-state index in [2.05, 4.69) is 27.0 Å². The third-order valence-corrected chi connectivity index (χ3v) is 5.96. The monoisotopic (exact) mass is 390 g/mol. The molecule has 1 aromatic carbocycles. The van der Waals surface area contributed by atoms with E-state index in [-0.39, 0.29) is 5.82 Å². The highest BCUT2D eigenvalue weighted by Gasteiger charge is 2.26. The van der Waals surface area contributed by atoms with Crippen LogP contribution in [0.25, 0.3) is 0 Å². The SMILES string of the molecule is CCOCC1CCN(C(=NC)NCC2CCN(Cc3ccccc3F)CC2)C1. The third-order valence-electron chi connectivity index (χ3n) is 5.96. The van der Waals surface area contributed by atoms with E-state index in [9.17, 15) is 4.39 Å². The Bertz CT molecular complexity index is 631. The van der Waals surface area contributed by atoms with Crippen LogP contribution in [-0.4, -0.2) is 68.7 Å². The van der Waals surface area contributed by atoms with Gasteiger partial charge in [-0.15, -0.1) is 0 Å². The molecule has 5 nitrogen and oxygen atoms in total. The van der Waals surface area contributed by atoms with Crippen LogP contribution in [0.4, 0.5) is 4.39 Å². The van der Waals surface area contributed by atoms with E-state index in [4.69, 9.17) is 4.74 Å². The first kappa shape index (κ1) is 21.1.